The zero-order valence-electron chi connectivity index (χ0n) is 15.3. The van der Waals surface area contributed by atoms with E-state index in [1.165, 1.54) is 18.3 Å². The van der Waals surface area contributed by atoms with Crippen LogP contribution in [0.15, 0.2) is 36.7 Å². The summed E-state index contributed by atoms with van der Waals surface area (Å²) in [5.41, 5.74) is 0.256. The molecular weight excluding hydrogens is 371 g/mol. The molecular formula is C20H20F3N3O2. The van der Waals surface area contributed by atoms with Crippen molar-refractivity contribution in [2.24, 2.45) is 5.92 Å². The maximum Gasteiger partial charge on any atom is 0.416 e. The van der Waals surface area contributed by atoms with Crippen LogP contribution in [0.5, 0.6) is 5.75 Å². The average molecular weight is 391 g/mol. The molecule has 2 aliphatic rings. The number of aromatic nitrogens is 2. The van der Waals surface area contributed by atoms with E-state index in [1.54, 1.807) is 18.0 Å². The van der Waals surface area contributed by atoms with Gasteiger partial charge in [0.1, 0.15) is 18.1 Å². The van der Waals surface area contributed by atoms with Crippen molar-refractivity contribution in [1.82, 2.24) is 14.9 Å². The Kier molecular flexibility index (Phi) is 4.72. The van der Waals surface area contributed by atoms with Crippen LogP contribution in [0.4, 0.5) is 13.2 Å². The summed E-state index contributed by atoms with van der Waals surface area (Å²) in [6, 6.07) is 4.77. The molecule has 1 saturated heterocycles. The Labute approximate surface area is 160 Å². The SMILES string of the molecule is Cc1cnc(C(=O)N2[C@H]3CC[C@@H](C3)[C@@H]2COc2cccc(C(F)(F)F)c2)cn1. The molecule has 5 nitrogen and oxygen atoms in total. The summed E-state index contributed by atoms with van der Waals surface area (Å²) < 4.78 is 44.4. The highest BCUT2D eigenvalue weighted by molar-refractivity contribution is 5.92. The number of aryl methyl sites for hydroxylation is 1. The Hall–Kier alpha value is -2.64. The zero-order chi connectivity index (χ0) is 19.9. The van der Waals surface area contributed by atoms with Gasteiger partial charge in [-0.2, -0.15) is 13.2 Å². The second kappa shape index (κ2) is 7.07. The molecule has 0 N–H and O–H groups in total. The summed E-state index contributed by atoms with van der Waals surface area (Å²) in [7, 11) is 0. The number of carbonyl (C=O) groups is 1. The molecule has 0 radical (unpaired) electrons. The first-order valence-electron chi connectivity index (χ1n) is 9.24. The largest absolute Gasteiger partial charge is 0.491 e. The van der Waals surface area contributed by atoms with Crippen LogP contribution in [0.3, 0.4) is 0 Å². The second-order valence-corrected chi connectivity index (χ2v) is 7.39. The van der Waals surface area contributed by atoms with E-state index in [1.807, 2.05) is 0 Å². The van der Waals surface area contributed by atoms with Gasteiger partial charge in [-0.15, -0.1) is 0 Å². The molecule has 3 atom stereocenters. The van der Waals surface area contributed by atoms with Crippen molar-refractivity contribution < 1.29 is 22.7 Å². The minimum atomic E-state index is -4.42. The smallest absolute Gasteiger partial charge is 0.416 e. The number of piperidine rings is 1. The third-order valence-electron chi connectivity index (χ3n) is 5.56. The van der Waals surface area contributed by atoms with Gasteiger partial charge in [0.15, 0.2) is 0 Å². The molecule has 1 aromatic carbocycles. The number of likely N-dealkylation sites (tertiary alicyclic amines) is 1. The molecule has 1 aliphatic carbocycles. The van der Waals surface area contributed by atoms with Crippen LogP contribution >= 0.6 is 0 Å². The lowest BCUT2D eigenvalue weighted by molar-refractivity contribution is -0.137. The van der Waals surface area contributed by atoms with Crippen LogP contribution in [0.1, 0.15) is 41.0 Å². The molecule has 0 unspecified atom stereocenters. The van der Waals surface area contributed by atoms with Gasteiger partial charge in [-0.25, -0.2) is 4.98 Å². The average Bonchev–Trinajstić information content (AvgIpc) is 3.27. The van der Waals surface area contributed by atoms with E-state index < -0.39 is 11.7 Å². The van der Waals surface area contributed by atoms with Gasteiger partial charge in [0, 0.05) is 12.2 Å². The Morgan fingerprint density at radius 1 is 1.25 bits per heavy atom. The number of halogens is 3. The number of amides is 1. The van der Waals surface area contributed by atoms with E-state index in [4.69, 9.17) is 4.74 Å². The number of carbonyl (C=O) groups excluding carboxylic acids is 1. The van der Waals surface area contributed by atoms with Gasteiger partial charge in [-0.3, -0.25) is 9.78 Å². The van der Waals surface area contributed by atoms with Crippen molar-refractivity contribution in [3.05, 3.63) is 53.6 Å². The zero-order valence-corrected chi connectivity index (χ0v) is 15.3. The van der Waals surface area contributed by atoms with Crippen LogP contribution in [0.2, 0.25) is 0 Å². The summed E-state index contributed by atoms with van der Waals surface area (Å²) in [6.45, 7) is 1.96. The summed E-state index contributed by atoms with van der Waals surface area (Å²) >= 11 is 0. The summed E-state index contributed by atoms with van der Waals surface area (Å²) in [5.74, 6) is 0.246. The van der Waals surface area contributed by atoms with Crippen molar-refractivity contribution >= 4 is 5.91 Å². The Morgan fingerprint density at radius 2 is 2.07 bits per heavy atom. The predicted molar refractivity (Wildman–Crippen MR) is 94.8 cm³/mol. The fraction of sp³-hybridized carbons (Fsp3) is 0.450. The quantitative estimate of drug-likeness (QED) is 0.794. The van der Waals surface area contributed by atoms with Crippen molar-refractivity contribution in [2.75, 3.05) is 6.61 Å². The first kappa shape index (κ1) is 18.7. The van der Waals surface area contributed by atoms with Crippen LogP contribution in [-0.4, -0.2) is 39.5 Å². The number of fused-ring (bicyclic) bond motifs is 2. The highest BCUT2D eigenvalue weighted by Crippen LogP contribution is 2.43. The summed E-state index contributed by atoms with van der Waals surface area (Å²) in [4.78, 5) is 23.1. The first-order chi connectivity index (χ1) is 13.3. The van der Waals surface area contributed by atoms with Crippen molar-refractivity contribution in [3.8, 4) is 5.75 Å². The Balaban J connectivity index is 1.50. The van der Waals surface area contributed by atoms with Gasteiger partial charge in [0.25, 0.3) is 5.91 Å². The number of ether oxygens (including phenoxy) is 1. The van der Waals surface area contributed by atoms with E-state index in [0.29, 0.717) is 0 Å². The van der Waals surface area contributed by atoms with Crippen LogP contribution in [-0.2, 0) is 6.18 Å². The fourth-order valence-corrected chi connectivity index (χ4v) is 4.20. The number of alkyl halides is 3. The van der Waals surface area contributed by atoms with Crippen LogP contribution in [0, 0.1) is 12.8 Å². The van der Waals surface area contributed by atoms with E-state index >= 15 is 0 Å². The molecule has 1 saturated carbocycles. The minimum Gasteiger partial charge on any atom is -0.491 e. The van der Waals surface area contributed by atoms with Crippen LogP contribution < -0.4 is 4.74 Å². The third kappa shape index (κ3) is 3.55. The molecule has 2 fully saturated rings. The van der Waals surface area contributed by atoms with Gasteiger partial charge in [0.05, 0.1) is 23.5 Å². The molecule has 28 heavy (non-hydrogen) atoms. The van der Waals surface area contributed by atoms with Gasteiger partial charge in [-0.1, -0.05) is 6.07 Å². The first-order valence-corrected chi connectivity index (χ1v) is 9.24. The van der Waals surface area contributed by atoms with Gasteiger partial charge in [0.2, 0.25) is 0 Å². The van der Waals surface area contributed by atoms with E-state index in [0.717, 1.165) is 37.1 Å². The van der Waals surface area contributed by atoms with Gasteiger partial charge in [-0.05, 0) is 50.3 Å². The van der Waals surface area contributed by atoms with Gasteiger partial charge >= 0.3 is 6.18 Å². The maximum atomic E-state index is 13.0. The predicted octanol–water partition coefficient (Wildman–Crippen LogP) is 3.88. The lowest BCUT2D eigenvalue weighted by Crippen LogP contribution is -2.48. The number of hydrogen-bond donors (Lipinski definition) is 0. The third-order valence-corrected chi connectivity index (χ3v) is 5.56. The minimum absolute atomic E-state index is 0.121. The van der Waals surface area contributed by atoms with E-state index in [2.05, 4.69) is 9.97 Å². The van der Waals surface area contributed by atoms with E-state index in [9.17, 15) is 18.0 Å². The Bertz CT molecular complexity index is 870. The Morgan fingerprint density at radius 3 is 2.79 bits per heavy atom. The molecule has 2 heterocycles. The molecule has 2 bridgehead atoms. The highest BCUT2D eigenvalue weighted by atomic mass is 19.4. The lowest BCUT2D eigenvalue weighted by Gasteiger charge is -2.35. The molecule has 1 amide bonds. The maximum absolute atomic E-state index is 13.0. The second-order valence-electron chi connectivity index (χ2n) is 7.39. The normalized spacial score (nSPS) is 23.9. The topological polar surface area (TPSA) is 55.3 Å². The highest BCUT2D eigenvalue weighted by Gasteiger charge is 2.48. The molecule has 0 spiro atoms. The molecule has 1 aliphatic heterocycles. The number of hydrogen-bond acceptors (Lipinski definition) is 4. The van der Waals surface area contributed by atoms with Crippen molar-refractivity contribution in [2.45, 2.75) is 44.4 Å². The number of rotatable bonds is 4. The van der Waals surface area contributed by atoms with Crippen molar-refractivity contribution in [3.63, 3.8) is 0 Å². The summed E-state index contributed by atoms with van der Waals surface area (Å²) in [5, 5.41) is 0. The molecule has 4 rings (SSSR count). The number of nitrogens with zero attached hydrogens (tertiary/aromatic N) is 3. The molecule has 148 valence electrons. The van der Waals surface area contributed by atoms with Gasteiger partial charge < -0.3 is 9.64 Å². The number of benzene rings is 1. The van der Waals surface area contributed by atoms with Crippen molar-refractivity contribution in [1.29, 1.82) is 0 Å². The van der Waals surface area contributed by atoms with E-state index in [-0.39, 0.29) is 42.0 Å². The monoisotopic (exact) mass is 391 g/mol. The molecule has 8 heteroatoms. The van der Waals surface area contributed by atoms with Crippen LogP contribution in [0.25, 0.3) is 0 Å². The standard InChI is InChI=1S/C20H20F3N3O2/c1-12-9-25-17(10-24-12)19(27)26-15-6-5-13(7-15)18(26)11-28-16-4-2-3-14(8-16)20(21,22)23/h2-4,8-10,13,15,18H,5-7,11H2,1H3/t13-,15-,18-/m0/s1. The molecule has 1 aromatic heterocycles. The lowest BCUT2D eigenvalue weighted by atomic mass is 9.99. The molecule has 2 aromatic rings. The fourth-order valence-electron chi connectivity index (χ4n) is 4.20. The summed E-state index contributed by atoms with van der Waals surface area (Å²) in [6.07, 6.45) is 1.41.